The van der Waals surface area contributed by atoms with Gasteiger partial charge in [0.1, 0.15) is 0 Å². The minimum absolute atomic E-state index is 0.0941. The summed E-state index contributed by atoms with van der Waals surface area (Å²) in [6.45, 7) is 5.42. The number of carbonyl (C=O) groups is 1. The molecule has 5 heteroatoms. The molecule has 0 N–H and O–H groups in total. The van der Waals surface area contributed by atoms with Gasteiger partial charge in [0.15, 0.2) is 0 Å². The van der Waals surface area contributed by atoms with Crippen molar-refractivity contribution in [1.29, 1.82) is 0 Å². The van der Waals surface area contributed by atoms with Crippen molar-refractivity contribution >= 4 is 5.97 Å². The molecule has 0 saturated heterocycles. The number of aryl methyl sites for hydroxylation is 3. The lowest BCUT2D eigenvalue weighted by molar-refractivity contribution is 0.0600. The molecule has 2 aromatic rings. The molecule has 0 bridgehead atoms. The van der Waals surface area contributed by atoms with Crippen LogP contribution in [-0.4, -0.2) is 35.6 Å². The number of rotatable bonds is 7. The first kappa shape index (κ1) is 21.3. The summed E-state index contributed by atoms with van der Waals surface area (Å²) in [5.74, 6) is -0.334. The molecule has 1 fully saturated rings. The summed E-state index contributed by atoms with van der Waals surface area (Å²) in [4.78, 5) is 26.9. The van der Waals surface area contributed by atoms with Crippen molar-refractivity contribution in [2.24, 2.45) is 0 Å². The summed E-state index contributed by atoms with van der Waals surface area (Å²) in [6, 6.07) is 10.1. The lowest BCUT2D eigenvalue weighted by Crippen LogP contribution is -2.34. The lowest BCUT2D eigenvalue weighted by atomic mass is 10.1. The van der Waals surface area contributed by atoms with E-state index in [2.05, 4.69) is 18.9 Å². The van der Waals surface area contributed by atoms with Crippen molar-refractivity contribution in [2.45, 2.75) is 65.1 Å². The molecule has 5 nitrogen and oxygen atoms in total. The third-order valence-electron chi connectivity index (χ3n) is 6.14. The van der Waals surface area contributed by atoms with E-state index in [0.717, 1.165) is 29.8 Å². The van der Waals surface area contributed by atoms with Crippen LogP contribution in [0.1, 0.15) is 58.4 Å². The number of hydrogen-bond acceptors (Lipinski definition) is 4. The Hall–Kier alpha value is -2.40. The second-order valence-electron chi connectivity index (χ2n) is 8.21. The smallest absolute Gasteiger partial charge is 0.337 e. The summed E-state index contributed by atoms with van der Waals surface area (Å²) in [6.07, 6.45) is 5.84. The summed E-state index contributed by atoms with van der Waals surface area (Å²) in [5, 5.41) is 0. The molecule has 29 heavy (non-hydrogen) atoms. The lowest BCUT2D eigenvalue weighted by Gasteiger charge is -2.27. The predicted molar refractivity (Wildman–Crippen MR) is 115 cm³/mol. The Labute approximate surface area is 173 Å². The Morgan fingerprint density at radius 1 is 1.14 bits per heavy atom. The predicted octanol–water partition coefficient (Wildman–Crippen LogP) is 3.87. The standard InChI is InChI=1S/C24H32N2O3/c1-17-15-18(2)23(27)26(22(17)16-25(3)21-7-5-6-8-21)14-13-19-9-11-20(12-10-19)24(28)29-4/h9-12,15,21H,5-8,13-14,16H2,1-4H3. The van der Waals surface area contributed by atoms with Crippen LogP contribution in [0.5, 0.6) is 0 Å². The fraction of sp³-hybridized carbons (Fsp3) is 0.500. The topological polar surface area (TPSA) is 51.5 Å². The van der Waals surface area contributed by atoms with E-state index in [1.54, 1.807) is 12.1 Å². The molecule has 0 unspecified atom stereocenters. The number of carbonyl (C=O) groups excluding carboxylic acids is 1. The largest absolute Gasteiger partial charge is 0.465 e. The van der Waals surface area contributed by atoms with E-state index < -0.39 is 0 Å². The van der Waals surface area contributed by atoms with Gasteiger partial charge in [-0.1, -0.05) is 25.0 Å². The van der Waals surface area contributed by atoms with Gasteiger partial charge in [-0.05, 0) is 69.5 Å². The van der Waals surface area contributed by atoms with Crippen molar-refractivity contribution in [1.82, 2.24) is 9.47 Å². The Bertz CT molecular complexity index is 909. The number of benzene rings is 1. The molecule has 156 valence electrons. The molecule has 1 aliphatic carbocycles. The van der Waals surface area contributed by atoms with Crippen LogP contribution in [0.4, 0.5) is 0 Å². The number of esters is 1. The summed E-state index contributed by atoms with van der Waals surface area (Å²) in [5.41, 5.74) is 4.80. The van der Waals surface area contributed by atoms with Crippen molar-refractivity contribution in [3.63, 3.8) is 0 Å². The minimum atomic E-state index is -0.334. The molecule has 1 aromatic carbocycles. The zero-order chi connectivity index (χ0) is 21.0. The fourth-order valence-electron chi connectivity index (χ4n) is 4.34. The van der Waals surface area contributed by atoms with Gasteiger partial charge in [0.25, 0.3) is 5.56 Å². The third kappa shape index (κ3) is 4.96. The van der Waals surface area contributed by atoms with Crippen molar-refractivity contribution in [3.05, 3.63) is 68.6 Å². The van der Waals surface area contributed by atoms with Crippen LogP contribution in [0.3, 0.4) is 0 Å². The van der Waals surface area contributed by atoms with E-state index in [1.807, 2.05) is 29.7 Å². The molecule has 1 heterocycles. The first-order valence-corrected chi connectivity index (χ1v) is 10.5. The maximum absolute atomic E-state index is 12.9. The highest BCUT2D eigenvalue weighted by Gasteiger charge is 2.21. The van der Waals surface area contributed by atoms with Crippen molar-refractivity contribution in [2.75, 3.05) is 14.2 Å². The van der Waals surface area contributed by atoms with Crippen LogP contribution in [0.2, 0.25) is 0 Å². The normalized spacial score (nSPS) is 14.5. The highest BCUT2D eigenvalue weighted by Crippen LogP contribution is 2.24. The average molecular weight is 397 g/mol. The van der Waals surface area contributed by atoms with Gasteiger partial charge in [-0.3, -0.25) is 9.69 Å². The average Bonchev–Trinajstić information content (AvgIpc) is 3.26. The fourth-order valence-corrected chi connectivity index (χ4v) is 4.34. The van der Waals surface area contributed by atoms with Crippen LogP contribution >= 0.6 is 0 Å². The highest BCUT2D eigenvalue weighted by atomic mass is 16.5. The van der Waals surface area contributed by atoms with Gasteiger partial charge in [-0.15, -0.1) is 0 Å². The van der Waals surface area contributed by atoms with E-state index in [-0.39, 0.29) is 11.5 Å². The molecular formula is C24H32N2O3. The van der Waals surface area contributed by atoms with Crippen molar-refractivity contribution < 1.29 is 9.53 Å². The molecule has 0 amide bonds. The summed E-state index contributed by atoms with van der Waals surface area (Å²) >= 11 is 0. The molecule has 0 atom stereocenters. The zero-order valence-corrected chi connectivity index (χ0v) is 18.0. The maximum Gasteiger partial charge on any atom is 0.337 e. The van der Waals surface area contributed by atoms with Crippen LogP contribution < -0.4 is 5.56 Å². The summed E-state index contributed by atoms with van der Waals surface area (Å²) < 4.78 is 6.70. The van der Waals surface area contributed by atoms with E-state index in [9.17, 15) is 9.59 Å². The van der Waals surface area contributed by atoms with E-state index in [0.29, 0.717) is 18.2 Å². The number of hydrogen-bond donors (Lipinski definition) is 0. The molecule has 1 aliphatic rings. The first-order chi connectivity index (χ1) is 13.9. The Morgan fingerprint density at radius 3 is 2.41 bits per heavy atom. The molecule has 0 spiro atoms. The van der Waals surface area contributed by atoms with Crippen LogP contribution in [0.15, 0.2) is 35.1 Å². The number of methoxy groups -OCH3 is 1. The Balaban J connectivity index is 1.80. The number of ether oxygens (including phenoxy) is 1. The molecule has 1 saturated carbocycles. The highest BCUT2D eigenvalue weighted by molar-refractivity contribution is 5.89. The van der Waals surface area contributed by atoms with Gasteiger partial charge in [-0.25, -0.2) is 4.79 Å². The second-order valence-corrected chi connectivity index (χ2v) is 8.21. The van der Waals surface area contributed by atoms with Crippen LogP contribution in [-0.2, 0) is 24.2 Å². The number of pyridine rings is 1. The zero-order valence-electron chi connectivity index (χ0n) is 18.0. The van der Waals surface area contributed by atoms with E-state index >= 15 is 0 Å². The number of aromatic nitrogens is 1. The van der Waals surface area contributed by atoms with Crippen molar-refractivity contribution in [3.8, 4) is 0 Å². The van der Waals surface area contributed by atoms with Gasteiger partial charge in [-0.2, -0.15) is 0 Å². The van der Waals surface area contributed by atoms with Gasteiger partial charge in [0.2, 0.25) is 0 Å². The summed E-state index contributed by atoms with van der Waals surface area (Å²) in [7, 11) is 3.56. The van der Waals surface area contributed by atoms with E-state index in [4.69, 9.17) is 4.74 Å². The first-order valence-electron chi connectivity index (χ1n) is 10.5. The molecule has 0 radical (unpaired) electrons. The quantitative estimate of drug-likeness (QED) is 0.667. The van der Waals surface area contributed by atoms with Crippen LogP contribution in [0.25, 0.3) is 0 Å². The molecule has 3 rings (SSSR count). The monoisotopic (exact) mass is 396 g/mol. The third-order valence-corrected chi connectivity index (χ3v) is 6.14. The Kier molecular flexibility index (Phi) is 6.91. The second kappa shape index (κ2) is 9.40. The molecule has 1 aromatic heterocycles. The van der Waals surface area contributed by atoms with Gasteiger partial charge in [0, 0.05) is 30.4 Å². The molecule has 0 aliphatic heterocycles. The Morgan fingerprint density at radius 2 is 1.79 bits per heavy atom. The number of nitrogens with zero attached hydrogens (tertiary/aromatic N) is 2. The molecular weight excluding hydrogens is 364 g/mol. The van der Waals surface area contributed by atoms with Gasteiger partial charge < -0.3 is 9.30 Å². The van der Waals surface area contributed by atoms with Gasteiger partial charge >= 0.3 is 5.97 Å². The maximum atomic E-state index is 12.9. The minimum Gasteiger partial charge on any atom is -0.465 e. The SMILES string of the molecule is COC(=O)c1ccc(CCn2c(CN(C)C3CCCC3)c(C)cc(C)c2=O)cc1. The van der Waals surface area contributed by atoms with Gasteiger partial charge in [0.05, 0.1) is 12.7 Å². The van der Waals surface area contributed by atoms with E-state index in [1.165, 1.54) is 38.4 Å². The van der Waals surface area contributed by atoms with Crippen LogP contribution in [0, 0.1) is 13.8 Å².